The molecule has 8 heteroatoms. The second-order valence-corrected chi connectivity index (χ2v) is 10.1. The molecular weight excluding hydrogens is 475 g/mol. The maximum absolute atomic E-state index is 13.7. The van der Waals surface area contributed by atoms with Crippen LogP contribution in [0.5, 0.6) is 0 Å². The predicted octanol–water partition coefficient (Wildman–Crippen LogP) is 6.49. The van der Waals surface area contributed by atoms with Gasteiger partial charge in [-0.25, -0.2) is 13.6 Å². The first kappa shape index (κ1) is 26.6. The van der Waals surface area contributed by atoms with Gasteiger partial charge >= 0.3 is 6.18 Å². The fourth-order valence-electron chi connectivity index (χ4n) is 4.20. The van der Waals surface area contributed by atoms with Crippen LogP contribution < -0.4 is 5.14 Å². The molecule has 3 rings (SSSR count). The molecule has 0 atom stereocenters. The lowest BCUT2D eigenvalue weighted by Crippen LogP contribution is -2.14. The topological polar surface area (TPSA) is 77.2 Å². The molecule has 0 aliphatic rings. The summed E-state index contributed by atoms with van der Waals surface area (Å²) in [6.07, 6.45) is -1.23. The number of primary sulfonamides is 1. The summed E-state index contributed by atoms with van der Waals surface area (Å²) in [4.78, 5) is 13.0. The van der Waals surface area contributed by atoms with Gasteiger partial charge in [0.25, 0.3) is 0 Å². The smallest absolute Gasteiger partial charge is 0.294 e. The highest BCUT2D eigenvalue weighted by molar-refractivity contribution is 7.89. The number of nitrogens with two attached hydrogens (primary N) is 1. The van der Waals surface area contributed by atoms with Gasteiger partial charge in [-0.05, 0) is 65.8 Å². The molecule has 0 amide bonds. The van der Waals surface area contributed by atoms with Gasteiger partial charge in [-0.15, -0.1) is 0 Å². The van der Waals surface area contributed by atoms with E-state index in [4.69, 9.17) is 5.14 Å². The SMILES string of the molecule is CCCCCc1cc(C(=O)Cc2ccc(S(N)(=O)=O)c(C)c2)ccc1-c1ccccc1C(F)(F)F. The summed E-state index contributed by atoms with van der Waals surface area (Å²) in [6, 6.07) is 14.8. The quantitative estimate of drug-likeness (QED) is 0.268. The number of halogens is 3. The van der Waals surface area contributed by atoms with E-state index in [1.165, 1.54) is 18.2 Å². The van der Waals surface area contributed by atoms with Crippen molar-refractivity contribution in [2.24, 2.45) is 5.14 Å². The lowest BCUT2D eigenvalue weighted by molar-refractivity contribution is -0.137. The lowest BCUT2D eigenvalue weighted by Gasteiger charge is -2.17. The van der Waals surface area contributed by atoms with E-state index in [2.05, 4.69) is 0 Å². The maximum Gasteiger partial charge on any atom is 0.417 e. The molecule has 0 bridgehead atoms. The second-order valence-electron chi connectivity index (χ2n) is 8.62. The van der Waals surface area contributed by atoms with Crippen LogP contribution in [0.1, 0.15) is 58.8 Å². The molecule has 4 nitrogen and oxygen atoms in total. The summed E-state index contributed by atoms with van der Waals surface area (Å²) in [5.74, 6) is -0.208. The molecule has 3 aromatic rings. The van der Waals surface area contributed by atoms with E-state index in [0.29, 0.717) is 34.2 Å². The fraction of sp³-hybridized carbons (Fsp3) is 0.296. The van der Waals surface area contributed by atoms with Crippen molar-refractivity contribution in [2.75, 3.05) is 0 Å². The summed E-state index contributed by atoms with van der Waals surface area (Å²) < 4.78 is 64.2. The van der Waals surface area contributed by atoms with Crippen molar-refractivity contribution in [1.82, 2.24) is 0 Å². The minimum Gasteiger partial charge on any atom is -0.294 e. The van der Waals surface area contributed by atoms with Gasteiger partial charge < -0.3 is 0 Å². The zero-order valence-corrected chi connectivity index (χ0v) is 20.5. The molecule has 2 N–H and O–H groups in total. The Bertz CT molecular complexity index is 1330. The molecule has 0 saturated heterocycles. The number of hydrogen-bond acceptors (Lipinski definition) is 3. The van der Waals surface area contributed by atoms with E-state index in [1.54, 1.807) is 43.3 Å². The molecule has 0 fully saturated rings. The molecule has 35 heavy (non-hydrogen) atoms. The van der Waals surface area contributed by atoms with E-state index in [1.807, 2.05) is 6.92 Å². The summed E-state index contributed by atoms with van der Waals surface area (Å²) in [6.45, 7) is 3.65. The molecule has 0 heterocycles. The first-order valence-electron chi connectivity index (χ1n) is 11.4. The van der Waals surface area contributed by atoms with Crippen LogP contribution in [0.2, 0.25) is 0 Å². The Kier molecular flexibility index (Phi) is 8.18. The molecular formula is C27H28F3NO3S. The number of sulfonamides is 1. The van der Waals surface area contributed by atoms with Gasteiger partial charge in [0.15, 0.2) is 5.78 Å². The predicted molar refractivity (Wildman–Crippen MR) is 131 cm³/mol. The zero-order valence-electron chi connectivity index (χ0n) is 19.7. The van der Waals surface area contributed by atoms with Crippen LogP contribution in [-0.4, -0.2) is 14.2 Å². The number of benzene rings is 3. The highest BCUT2D eigenvalue weighted by Crippen LogP contribution is 2.38. The number of rotatable bonds is 9. The second kappa shape index (κ2) is 10.7. The molecule has 0 saturated carbocycles. The number of hydrogen-bond donors (Lipinski definition) is 1. The largest absolute Gasteiger partial charge is 0.417 e. The Balaban J connectivity index is 1.97. The van der Waals surface area contributed by atoms with Crippen molar-refractivity contribution in [3.05, 3.63) is 88.5 Å². The van der Waals surface area contributed by atoms with Crippen LogP contribution in [-0.2, 0) is 29.0 Å². The number of alkyl halides is 3. The third-order valence-corrected chi connectivity index (χ3v) is 6.98. The fourth-order valence-corrected chi connectivity index (χ4v) is 4.96. The molecule has 0 aromatic heterocycles. The van der Waals surface area contributed by atoms with E-state index < -0.39 is 21.8 Å². The minimum absolute atomic E-state index is 0.000378. The summed E-state index contributed by atoms with van der Waals surface area (Å²) in [5, 5.41) is 5.20. The van der Waals surface area contributed by atoms with Crippen molar-refractivity contribution in [3.8, 4) is 11.1 Å². The highest BCUT2D eigenvalue weighted by atomic mass is 32.2. The number of Topliss-reactive ketones (excluding diaryl/α,β-unsaturated/α-hetero) is 1. The van der Waals surface area contributed by atoms with Gasteiger partial charge in [0.1, 0.15) is 0 Å². The number of unbranched alkanes of at least 4 members (excludes halogenated alkanes) is 2. The summed E-state index contributed by atoms with van der Waals surface area (Å²) in [5.41, 5.74) is 2.02. The van der Waals surface area contributed by atoms with Crippen LogP contribution in [0.3, 0.4) is 0 Å². The average Bonchev–Trinajstić information content (AvgIpc) is 2.78. The van der Waals surface area contributed by atoms with Crippen molar-refractivity contribution in [2.45, 2.75) is 57.0 Å². The Morgan fingerprint density at radius 1 is 0.943 bits per heavy atom. The molecule has 0 spiro atoms. The van der Waals surface area contributed by atoms with Gasteiger partial charge in [0.05, 0.1) is 10.5 Å². The van der Waals surface area contributed by atoms with Gasteiger partial charge in [0.2, 0.25) is 10.0 Å². The Labute approximate surface area is 204 Å². The standard InChI is InChI=1S/C27H28F3NO3S/c1-3-4-5-8-20-17-21(12-13-22(20)23-9-6-7-10-24(23)27(28,29)30)25(32)16-19-11-14-26(18(2)15-19)35(31,33)34/h6-7,9-15,17H,3-5,8,16H2,1-2H3,(H2,31,33,34). The zero-order chi connectivity index (χ0) is 25.8. The van der Waals surface area contributed by atoms with Crippen molar-refractivity contribution in [3.63, 3.8) is 0 Å². The van der Waals surface area contributed by atoms with Crippen LogP contribution >= 0.6 is 0 Å². The Morgan fingerprint density at radius 2 is 1.66 bits per heavy atom. The summed E-state index contributed by atoms with van der Waals surface area (Å²) in [7, 11) is -3.86. The van der Waals surface area contributed by atoms with Crippen LogP contribution in [0, 0.1) is 6.92 Å². The summed E-state index contributed by atoms with van der Waals surface area (Å²) >= 11 is 0. The molecule has 0 unspecified atom stereocenters. The van der Waals surface area contributed by atoms with Crippen LogP contribution in [0.4, 0.5) is 13.2 Å². The Morgan fingerprint density at radius 3 is 2.29 bits per heavy atom. The van der Waals surface area contributed by atoms with E-state index in [-0.39, 0.29) is 22.7 Å². The van der Waals surface area contributed by atoms with Gasteiger partial charge in [-0.3, -0.25) is 4.79 Å². The third kappa shape index (κ3) is 6.58. The highest BCUT2D eigenvalue weighted by Gasteiger charge is 2.33. The average molecular weight is 504 g/mol. The van der Waals surface area contributed by atoms with Gasteiger partial charge in [-0.2, -0.15) is 13.2 Å². The number of carbonyl (C=O) groups excluding carboxylic acids is 1. The lowest BCUT2D eigenvalue weighted by atomic mass is 9.90. The molecule has 186 valence electrons. The first-order chi connectivity index (χ1) is 16.4. The van der Waals surface area contributed by atoms with Crippen molar-refractivity contribution >= 4 is 15.8 Å². The van der Waals surface area contributed by atoms with Gasteiger partial charge in [-0.1, -0.05) is 62.2 Å². The van der Waals surface area contributed by atoms with E-state index in [9.17, 15) is 26.4 Å². The molecule has 0 aliphatic heterocycles. The maximum atomic E-state index is 13.7. The van der Waals surface area contributed by atoms with E-state index >= 15 is 0 Å². The first-order valence-corrected chi connectivity index (χ1v) is 12.9. The number of carbonyl (C=O) groups is 1. The van der Waals surface area contributed by atoms with Crippen molar-refractivity contribution in [1.29, 1.82) is 0 Å². The minimum atomic E-state index is -4.49. The van der Waals surface area contributed by atoms with Gasteiger partial charge in [0, 0.05) is 12.0 Å². The molecule has 0 aliphatic carbocycles. The normalized spacial score (nSPS) is 12.1. The molecule has 3 aromatic carbocycles. The third-order valence-electron chi connectivity index (χ3n) is 5.91. The van der Waals surface area contributed by atoms with Crippen molar-refractivity contribution < 1.29 is 26.4 Å². The van der Waals surface area contributed by atoms with E-state index in [0.717, 1.165) is 25.3 Å². The van der Waals surface area contributed by atoms with Crippen LogP contribution in [0.15, 0.2) is 65.6 Å². The number of ketones is 1. The Hall–Kier alpha value is -2.97. The number of aryl methyl sites for hydroxylation is 2. The molecule has 0 radical (unpaired) electrons. The monoisotopic (exact) mass is 503 g/mol. The van der Waals surface area contributed by atoms with Crippen LogP contribution in [0.25, 0.3) is 11.1 Å².